The summed E-state index contributed by atoms with van der Waals surface area (Å²) in [6.45, 7) is 0. The van der Waals surface area contributed by atoms with E-state index < -0.39 is 0 Å². The number of para-hydroxylation sites is 2. The Labute approximate surface area is 237 Å². The van der Waals surface area contributed by atoms with Crippen molar-refractivity contribution >= 4 is 72.8 Å². The number of thiophene rings is 1. The molecule has 0 saturated carbocycles. The van der Waals surface area contributed by atoms with Crippen molar-refractivity contribution in [3.8, 4) is 11.1 Å². The zero-order valence-corrected chi connectivity index (χ0v) is 23.0. The minimum Gasteiger partial charge on any atom is -0.325 e. The maximum absolute atomic E-state index is 12.2. The quantitative estimate of drug-likeness (QED) is 0.205. The van der Waals surface area contributed by atoms with Crippen molar-refractivity contribution in [3.05, 3.63) is 111 Å². The van der Waals surface area contributed by atoms with Crippen LogP contribution in [0.15, 0.2) is 94.1 Å². The molecule has 1 aromatic heterocycles. The summed E-state index contributed by atoms with van der Waals surface area (Å²) in [5.41, 5.74) is 7.47. The molecule has 0 radical (unpaired) electrons. The molecule has 7 rings (SSSR count). The van der Waals surface area contributed by atoms with Gasteiger partial charge >= 0.3 is 0 Å². The smallest absolute Gasteiger partial charge is 0.256 e. The van der Waals surface area contributed by atoms with Gasteiger partial charge in [-0.05, 0) is 79.1 Å². The largest absolute Gasteiger partial charge is 0.325 e. The van der Waals surface area contributed by atoms with Crippen LogP contribution in [0.5, 0.6) is 0 Å². The molecule has 2 aliphatic rings. The van der Waals surface area contributed by atoms with Crippen LogP contribution in [0.2, 0.25) is 0 Å². The van der Waals surface area contributed by atoms with Crippen LogP contribution in [0.25, 0.3) is 21.9 Å². The molecule has 3 heterocycles. The molecule has 4 aromatic carbocycles. The second-order valence-corrected chi connectivity index (χ2v) is 10.9. The maximum Gasteiger partial charge on any atom is 0.256 e. The molecule has 0 unspecified atom stereocenters. The zero-order chi connectivity index (χ0) is 26.9. The van der Waals surface area contributed by atoms with Gasteiger partial charge in [0.2, 0.25) is 11.8 Å². The lowest BCUT2D eigenvalue weighted by Crippen LogP contribution is -2.10. The van der Waals surface area contributed by atoms with Crippen LogP contribution in [0.3, 0.4) is 0 Å². The van der Waals surface area contributed by atoms with Gasteiger partial charge in [0.05, 0.1) is 29.8 Å². The van der Waals surface area contributed by atoms with Crippen LogP contribution in [0, 0.1) is 0 Å². The van der Waals surface area contributed by atoms with Crippen molar-refractivity contribution in [1.29, 1.82) is 0 Å². The summed E-state index contributed by atoms with van der Waals surface area (Å²) < 4.78 is 0.959. The number of carbonyl (C=O) groups excluding carboxylic acids is 3. The van der Waals surface area contributed by atoms with Crippen LogP contribution in [-0.4, -0.2) is 17.7 Å². The number of nitrogens with one attached hydrogen (secondary N) is 3. The molecule has 3 N–H and O–H groups in total. The van der Waals surface area contributed by atoms with Gasteiger partial charge in [0.15, 0.2) is 0 Å². The third kappa shape index (κ3) is 5.21. The van der Waals surface area contributed by atoms with E-state index >= 15 is 0 Å². The van der Waals surface area contributed by atoms with Crippen molar-refractivity contribution in [3.63, 3.8) is 0 Å². The number of hydrogen-bond donors (Lipinski definition) is 3. The van der Waals surface area contributed by atoms with Crippen LogP contribution in [-0.2, 0) is 22.4 Å². The topological polar surface area (TPSA) is 87.3 Å². The first kappa shape index (κ1) is 25.0. The number of rotatable bonds is 3. The van der Waals surface area contributed by atoms with Gasteiger partial charge in [-0.1, -0.05) is 48.5 Å². The van der Waals surface area contributed by atoms with E-state index in [1.807, 2.05) is 83.6 Å². The summed E-state index contributed by atoms with van der Waals surface area (Å²) in [4.78, 5) is 34.9. The third-order valence-corrected chi connectivity index (χ3v) is 8.02. The molecule has 5 aromatic rings. The standard InChI is InChI=1S/C23H16N2O2S.C8H6BrNO/c26-21-12-17-2-1-3-20(22(17)25-21)16-5-4-15-11-19(7-6-14(15)10-16)24-23(27)18-8-9-28-13-18;9-6-3-1-2-5-4-7(11)10-8(5)6/h1-11,13H,12H2,(H,24,27)(H,25,26);1-3H,4H2,(H,10,11). The third-order valence-electron chi connectivity index (χ3n) is 6.67. The molecule has 0 aliphatic carbocycles. The van der Waals surface area contributed by atoms with E-state index in [0.29, 0.717) is 18.4 Å². The Morgan fingerprint density at radius 1 is 0.795 bits per heavy atom. The average Bonchev–Trinajstić information content (AvgIpc) is 3.68. The molecule has 0 atom stereocenters. The van der Waals surface area contributed by atoms with E-state index in [0.717, 1.165) is 54.6 Å². The fourth-order valence-corrected chi connectivity index (χ4v) is 5.94. The van der Waals surface area contributed by atoms with Crippen molar-refractivity contribution in [1.82, 2.24) is 0 Å². The number of amides is 3. The monoisotopic (exact) mass is 595 g/mol. The van der Waals surface area contributed by atoms with Gasteiger partial charge in [-0.25, -0.2) is 0 Å². The van der Waals surface area contributed by atoms with Crippen molar-refractivity contribution in [2.45, 2.75) is 12.8 Å². The first-order valence-electron chi connectivity index (χ1n) is 12.3. The fourth-order valence-electron chi connectivity index (χ4n) is 4.79. The Bertz CT molecular complexity index is 1770. The highest BCUT2D eigenvalue weighted by molar-refractivity contribution is 9.10. The Hall–Kier alpha value is -4.27. The summed E-state index contributed by atoms with van der Waals surface area (Å²) >= 11 is 4.86. The average molecular weight is 597 g/mol. The second-order valence-electron chi connectivity index (χ2n) is 9.31. The second kappa shape index (κ2) is 10.5. The van der Waals surface area contributed by atoms with Gasteiger partial charge < -0.3 is 16.0 Å². The van der Waals surface area contributed by atoms with E-state index in [4.69, 9.17) is 0 Å². The molecule has 0 spiro atoms. The summed E-state index contributed by atoms with van der Waals surface area (Å²) in [5, 5.41) is 14.5. The molecular weight excluding hydrogens is 574 g/mol. The van der Waals surface area contributed by atoms with Gasteiger partial charge in [0, 0.05) is 21.1 Å². The van der Waals surface area contributed by atoms with E-state index in [2.05, 4.69) is 37.9 Å². The van der Waals surface area contributed by atoms with Gasteiger partial charge in [-0.15, -0.1) is 0 Å². The summed E-state index contributed by atoms with van der Waals surface area (Å²) in [6, 6.07) is 25.7. The number of carbonyl (C=O) groups is 3. The first-order chi connectivity index (χ1) is 18.9. The number of halogens is 1. The Kier molecular flexibility index (Phi) is 6.72. The molecule has 8 heteroatoms. The molecular formula is C31H22BrN3O3S. The molecule has 39 heavy (non-hydrogen) atoms. The molecule has 192 valence electrons. The van der Waals surface area contributed by atoms with Crippen molar-refractivity contribution in [2.75, 3.05) is 16.0 Å². The molecule has 3 amide bonds. The lowest BCUT2D eigenvalue weighted by molar-refractivity contribution is -0.115. The lowest BCUT2D eigenvalue weighted by Gasteiger charge is -2.10. The summed E-state index contributed by atoms with van der Waals surface area (Å²) in [5.74, 6) is 0.00829. The highest BCUT2D eigenvalue weighted by atomic mass is 79.9. The number of hydrogen-bond acceptors (Lipinski definition) is 4. The van der Waals surface area contributed by atoms with E-state index in [1.54, 1.807) is 0 Å². The normalized spacial score (nSPS) is 13.2. The Morgan fingerprint density at radius 2 is 1.49 bits per heavy atom. The predicted molar refractivity (Wildman–Crippen MR) is 160 cm³/mol. The van der Waals surface area contributed by atoms with Crippen molar-refractivity contribution < 1.29 is 14.4 Å². The number of fused-ring (bicyclic) bond motifs is 3. The Balaban J connectivity index is 0.000000210. The number of benzene rings is 4. The van der Waals surface area contributed by atoms with E-state index in [1.165, 1.54) is 11.3 Å². The molecule has 2 aliphatic heterocycles. The number of anilines is 3. The fraction of sp³-hybridized carbons (Fsp3) is 0.0645. The molecule has 6 nitrogen and oxygen atoms in total. The van der Waals surface area contributed by atoms with Gasteiger partial charge in [0.1, 0.15) is 0 Å². The predicted octanol–water partition coefficient (Wildman–Crippen LogP) is 7.26. The van der Waals surface area contributed by atoms with Crippen LogP contribution < -0.4 is 16.0 Å². The van der Waals surface area contributed by atoms with Gasteiger partial charge in [0.25, 0.3) is 5.91 Å². The first-order valence-corrected chi connectivity index (χ1v) is 14.0. The minimum absolute atomic E-state index is 0.0363. The van der Waals surface area contributed by atoms with Crippen LogP contribution in [0.4, 0.5) is 17.1 Å². The summed E-state index contributed by atoms with van der Waals surface area (Å²) in [6.07, 6.45) is 0.943. The highest BCUT2D eigenvalue weighted by Gasteiger charge is 2.21. The van der Waals surface area contributed by atoms with E-state index in [-0.39, 0.29) is 17.7 Å². The minimum atomic E-state index is -0.104. The van der Waals surface area contributed by atoms with Crippen LogP contribution >= 0.6 is 27.3 Å². The van der Waals surface area contributed by atoms with Gasteiger partial charge in [-0.3, -0.25) is 14.4 Å². The molecule has 0 saturated heterocycles. The zero-order valence-electron chi connectivity index (χ0n) is 20.6. The molecule has 0 fully saturated rings. The maximum atomic E-state index is 12.2. The SMILES string of the molecule is O=C1Cc2cccc(-c3ccc4cc(NC(=O)c5ccsc5)ccc4c3)c2N1.O=C1Cc2cccc(Br)c2N1. The lowest BCUT2D eigenvalue weighted by atomic mass is 9.98. The van der Waals surface area contributed by atoms with Crippen LogP contribution in [0.1, 0.15) is 21.5 Å². The Morgan fingerprint density at radius 3 is 2.23 bits per heavy atom. The van der Waals surface area contributed by atoms with Crippen molar-refractivity contribution in [2.24, 2.45) is 0 Å². The summed E-state index contributed by atoms with van der Waals surface area (Å²) in [7, 11) is 0. The highest BCUT2D eigenvalue weighted by Crippen LogP contribution is 2.36. The van der Waals surface area contributed by atoms with Gasteiger partial charge in [-0.2, -0.15) is 11.3 Å². The van der Waals surface area contributed by atoms with E-state index in [9.17, 15) is 14.4 Å². The molecule has 0 bridgehead atoms.